The minimum atomic E-state index is -0.353. The molecule has 0 saturated carbocycles. The number of hydrogen-bond acceptors (Lipinski definition) is 7. The first-order chi connectivity index (χ1) is 16.4. The molecule has 0 unspecified atom stereocenters. The SMILES string of the molecule is COC(=O)N1CC[C@@H](CN2CCC(c3nc(-n4nc(C(C)C)c5cccc(F)c54)no3)CC2)C1. The number of aromatic nitrogens is 4. The zero-order valence-electron chi connectivity index (χ0n) is 19.9. The molecule has 0 bridgehead atoms. The molecule has 0 spiro atoms. The van der Waals surface area contributed by atoms with Crippen molar-refractivity contribution in [3.05, 3.63) is 35.6 Å². The van der Waals surface area contributed by atoms with Gasteiger partial charge in [0.25, 0.3) is 5.95 Å². The summed E-state index contributed by atoms with van der Waals surface area (Å²) in [7, 11) is 1.43. The Bertz CT molecular complexity index is 1170. The van der Waals surface area contributed by atoms with Crippen molar-refractivity contribution >= 4 is 17.0 Å². The van der Waals surface area contributed by atoms with Gasteiger partial charge in [-0.3, -0.25) is 0 Å². The zero-order valence-corrected chi connectivity index (χ0v) is 19.9. The average Bonchev–Trinajstić information content (AvgIpc) is 3.58. The molecule has 1 atom stereocenters. The normalized spacial score (nSPS) is 20.0. The number of hydrogen-bond donors (Lipinski definition) is 0. The lowest BCUT2D eigenvalue weighted by Crippen LogP contribution is -2.37. The number of carbonyl (C=O) groups excluding carboxylic acids is 1. The zero-order chi connectivity index (χ0) is 23.8. The van der Waals surface area contributed by atoms with Crippen LogP contribution in [0, 0.1) is 11.7 Å². The van der Waals surface area contributed by atoms with E-state index in [1.165, 1.54) is 17.9 Å². The van der Waals surface area contributed by atoms with Gasteiger partial charge in [-0.1, -0.05) is 26.0 Å². The first-order valence-corrected chi connectivity index (χ1v) is 12.0. The van der Waals surface area contributed by atoms with Crippen LogP contribution >= 0.6 is 0 Å². The highest BCUT2D eigenvalue weighted by Crippen LogP contribution is 2.31. The first-order valence-electron chi connectivity index (χ1n) is 12.0. The largest absolute Gasteiger partial charge is 0.453 e. The number of para-hydroxylation sites is 1. The highest BCUT2D eigenvalue weighted by atomic mass is 19.1. The predicted octanol–water partition coefficient (Wildman–Crippen LogP) is 3.94. The molecule has 5 rings (SSSR count). The Balaban J connectivity index is 1.24. The quantitative estimate of drug-likeness (QED) is 0.558. The van der Waals surface area contributed by atoms with E-state index in [4.69, 9.17) is 9.26 Å². The molecule has 2 aliphatic rings. The lowest BCUT2D eigenvalue weighted by Gasteiger charge is -2.32. The molecule has 2 saturated heterocycles. The lowest BCUT2D eigenvalue weighted by molar-refractivity contribution is 0.128. The van der Waals surface area contributed by atoms with Gasteiger partial charge in [0.15, 0.2) is 0 Å². The second-order valence-corrected chi connectivity index (χ2v) is 9.67. The Morgan fingerprint density at radius 2 is 2.03 bits per heavy atom. The number of methoxy groups -OCH3 is 1. The molecule has 2 aliphatic heterocycles. The number of nitrogens with zero attached hydrogens (tertiary/aromatic N) is 6. The Morgan fingerprint density at radius 1 is 1.24 bits per heavy atom. The fourth-order valence-electron chi connectivity index (χ4n) is 5.20. The molecular weight excluding hydrogens is 439 g/mol. The fourth-order valence-corrected chi connectivity index (χ4v) is 5.20. The summed E-state index contributed by atoms with van der Waals surface area (Å²) in [6.07, 6.45) is 2.61. The van der Waals surface area contributed by atoms with Crippen molar-refractivity contribution in [2.75, 3.05) is 39.8 Å². The molecule has 1 aromatic carbocycles. The summed E-state index contributed by atoms with van der Waals surface area (Å²) in [5.74, 6) is 1.29. The molecule has 0 aliphatic carbocycles. The molecule has 2 aromatic heterocycles. The predicted molar refractivity (Wildman–Crippen MR) is 123 cm³/mol. The second-order valence-electron chi connectivity index (χ2n) is 9.67. The van der Waals surface area contributed by atoms with Crippen LogP contribution in [0.25, 0.3) is 16.9 Å². The Hall–Kier alpha value is -3.01. The van der Waals surface area contributed by atoms with Crippen LogP contribution in [0.15, 0.2) is 22.7 Å². The molecule has 182 valence electrons. The summed E-state index contributed by atoms with van der Waals surface area (Å²) in [5.41, 5.74) is 1.19. The van der Waals surface area contributed by atoms with Crippen LogP contribution in [-0.4, -0.2) is 75.6 Å². The third-order valence-corrected chi connectivity index (χ3v) is 7.02. The number of halogens is 1. The number of carbonyl (C=O) groups is 1. The number of amides is 1. The Kier molecular flexibility index (Phi) is 6.24. The number of benzene rings is 1. The van der Waals surface area contributed by atoms with Crippen molar-refractivity contribution in [2.24, 2.45) is 5.92 Å². The van der Waals surface area contributed by atoms with Gasteiger partial charge in [-0.25, -0.2) is 9.18 Å². The van der Waals surface area contributed by atoms with Crippen molar-refractivity contribution in [3.8, 4) is 5.95 Å². The van der Waals surface area contributed by atoms with E-state index in [-0.39, 0.29) is 29.7 Å². The molecule has 3 aromatic rings. The van der Waals surface area contributed by atoms with Gasteiger partial charge in [-0.05, 0) is 55.4 Å². The van der Waals surface area contributed by atoms with Crippen LogP contribution in [0.1, 0.15) is 56.5 Å². The van der Waals surface area contributed by atoms with Crippen molar-refractivity contribution < 1.29 is 18.4 Å². The van der Waals surface area contributed by atoms with E-state index in [1.807, 2.05) is 19.9 Å². The van der Waals surface area contributed by atoms with E-state index in [1.54, 1.807) is 11.0 Å². The summed E-state index contributed by atoms with van der Waals surface area (Å²) < 4.78 is 26.6. The summed E-state index contributed by atoms with van der Waals surface area (Å²) in [6.45, 7) is 8.44. The number of piperidine rings is 1. The fraction of sp³-hybridized carbons (Fsp3) is 0.583. The van der Waals surface area contributed by atoms with E-state index >= 15 is 0 Å². The maximum Gasteiger partial charge on any atom is 0.409 e. The standard InChI is InChI=1S/C24H31FN6O3/c1-15(2)20-18-5-4-6-19(25)21(18)31(27-20)23-26-22(34-28-23)17-8-10-29(11-9-17)13-16-7-12-30(14-16)24(32)33-3/h4-6,15-17H,7-14H2,1-3H3/t16-/m0/s1. The average molecular weight is 471 g/mol. The molecule has 4 heterocycles. The van der Waals surface area contributed by atoms with Gasteiger partial charge in [-0.2, -0.15) is 14.8 Å². The van der Waals surface area contributed by atoms with Crippen LogP contribution in [-0.2, 0) is 4.74 Å². The Morgan fingerprint density at radius 3 is 2.76 bits per heavy atom. The lowest BCUT2D eigenvalue weighted by atomic mass is 9.95. The van der Waals surface area contributed by atoms with Crippen LogP contribution in [0.4, 0.5) is 9.18 Å². The molecule has 2 fully saturated rings. The Labute approximate surface area is 197 Å². The van der Waals surface area contributed by atoms with Gasteiger partial charge in [0.2, 0.25) is 5.89 Å². The second kappa shape index (κ2) is 9.32. The number of ether oxygens (including phenoxy) is 1. The van der Waals surface area contributed by atoms with Gasteiger partial charge in [0.05, 0.1) is 12.8 Å². The van der Waals surface area contributed by atoms with Crippen LogP contribution < -0.4 is 0 Å². The van der Waals surface area contributed by atoms with Gasteiger partial charge < -0.3 is 19.1 Å². The van der Waals surface area contributed by atoms with E-state index in [0.717, 1.165) is 63.1 Å². The summed E-state index contributed by atoms with van der Waals surface area (Å²) in [6, 6.07) is 5.00. The summed E-state index contributed by atoms with van der Waals surface area (Å²) >= 11 is 0. The van der Waals surface area contributed by atoms with Gasteiger partial charge in [0, 0.05) is 30.9 Å². The van der Waals surface area contributed by atoms with Crippen LogP contribution in [0.2, 0.25) is 0 Å². The van der Waals surface area contributed by atoms with E-state index in [2.05, 4.69) is 20.1 Å². The third kappa shape index (κ3) is 4.26. The maximum atomic E-state index is 14.7. The minimum Gasteiger partial charge on any atom is -0.453 e. The van der Waals surface area contributed by atoms with Crippen molar-refractivity contribution in [1.82, 2.24) is 29.7 Å². The molecule has 1 amide bonds. The molecule has 0 N–H and O–H groups in total. The van der Waals surface area contributed by atoms with E-state index in [0.29, 0.717) is 17.3 Å². The van der Waals surface area contributed by atoms with Crippen LogP contribution in [0.3, 0.4) is 0 Å². The topological polar surface area (TPSA) is 89.5 Å². The molecule has 9 nitrogen and oxygen atoms in total. The van der Waals surface area contributed by atoms with E-state index in [9.17, 15) is 9.18 Å². The highest BCUT2D eigenvalue weighted by Gasteiger charge is 2.31. The summed E-state index contributed by atoms with van der Waals surface area (Å²) in [4.78, 5) is 20.6. The number of likely N-dealkylation sites (tertiary alicyclic amines) is 2. The summed E-state index contributed by atoms with van der Waals surface area (Å²) in [5, 5.41) is 9.54. The molecule has 10 heteroatoms. The molecule has 34 heavy (non-hydrogen) atoms. The highest BCUT2D eigenvalue weighted by molar-refractivity contribution is 5.84. The van der Waals surface area contributed by atoms with E-state index < -0.39 is 0 Å². The van der Waals surface area contributed by atoms with Gasteiger partial charge in [0.1, 0.15) is 11.3 Å². The monoisotopic (exact) mass is 470 g/mol. The van der Waals surface area contributed by atoms with Crippen molar-refractivity contribution in [3.63, 3.8) is 0 Å². The van der Waals surface area contributed by atoms with Crippen molar-refractivity contribution in [2.45, 2.75) is 44.9 Å². The molecular formula is C24H31FN6O3. The number of fused-ring (bicyclic) bond motifs is 1. The van der Waals surface area contributed by atoms with Gasteiger partial charge >= 0.3 is 6.09 Å². The van der Waals surface area contributed by atoms with Gasteiger partial charge in [-0.15, -0.1) is 0 Å². The third-order valence-electron chi connectivity index (χ3n) is 7.02. The first kappa shape index (κ1) is 22.8. The molecule has 0 radical (unpaired) electrons. The maximum absolute atomic E-state index is 14.7. The number of rotatable bonds is 5. The van der Waals surface area contributed by atoms with Crippen LogP contribution in [0.5, 0.6) is 0 Å². The van der Waals surface area contributed by atoms with Crippen molar-refractivity contribution in [1.29, 1.82) is 0 Å². The minimum absolute atomic E-state index is 0.140. The smallest absolute Gasteiger partial charge is 0.409 e.